The second kappa shape index (κ2) is 8.27. The Morgan fingerprint density at radius 1 is 1.03 bits per heavy atom. The quantitative estimate of drug-likeness (QED) is 0.489. The maximum absolute atomic E-state index is 13.4. The van der Waals surface area contributed by atoms with Crippen molar-refractivity contribution in [1.29, 1.82) is 0 Å². The number of hydrogen-bond acceptors (Lipinski definition) is 3. The van der Waals surface area contributed by atoms with Crippen LogP contribution in [0.5, 0.6) is 0 Å². The topological polar surface area (TPSA) is 66.5 Å². The Kier molecular flexibility index (Phi) is 5.51. The predicted octanol–water partition coefficient (Wildman–Crippen LogP) is 4.72. The van der Waals surface area contributed by atoms with Gasteiger partial charge < -0.3 is 5.32 Å². The summed E-state index contributed by atoms with van der Waals surface area (Å²) in [5.41, 5.74) is -0.505. The number of alkyl halides is 3. The molecule has 1 saturated carbocycles. The number of halogens is 4. The van der Waals surface area contributed by atoms with Crippen LogP contribution in [0.2, 0.25) is 5.02 Å². The molecule has 0 radical (unpaired) electrons. The summed E-state index contributed by atoms with van der Waals surface area (Å²) >= 11 is 6.06. The monoisotopic (exact) mass is 488 g/mol. The minimum absolute atomic E-state index is 0.0307. The number of amides is 3. The molecular weight excluding hydrogens is 469 g/mol. The Balaban J connectivity index is 1.47. The molecule has 34 heavy (non-hydrogen) atoms. The lowest BCUT2D eigenvalue weighted by Gasteiger charge is -2.27. The number of benzene rings is 2. The molecule has 0 spiro atoms. The van der Waals surface area contributed by atoms with E-state index in [4.69, 9.17) is 11.6 Å². The van der Waals surface area contributed by atoms with E-state index in [1.807, 2.05) is 12.2 Å². The van der Waals surface area contributed by atoms with Gasteiger partial charge in [0.1, 0.15) is 6.04 Å². The lowest BCUT2D eigenvalue weighted by molar-refractivity contribution is -0.147. The van der Waals surface area contributed by atoms with Gasteiger partial charge in [-0.2, -0.15) is 13.2 Å². The highest BCUT2D eigenvalue weighted by Crippen LogP contribution is 2.53. The summed E-state index contributed by atoms with van der Waals surface area (Å²) in [7, 11) is 0. The fourth-order valence-corrected chi connectivity index (χ4v) is 5.55. The SMILES string of the molecule is O=C(Nc1cc(C(F)(F)F)ccc1Cl)[C@@H](Cc1ccccc1)N1C(=O)[C@@H]2[C@@H](C1=O)[C@H]1C=C[C@H]2C1. The van der Waals surface area contributed by atoms with Gasteiger partial charge in [0.25, 0.3) is 0 Å². The summed E-state index contributed by atoms with van der Waals surface area (Å²) in [6, 6.07) is 10.2. The van der Waals surface area contributed by atoms with E-state index in [1.54, 1.807) is 30.3 Å². The molecule has 3 aliphatic rings. The second-order valence-electron chi connectivity index (χ2n) is 8.93. The first-order valence-electron chi connectivity index (χ1n) is 10.9. The molecule has 5 rings (SSSR count). The van der Waals surface area contributed by atoms with Gasteiger partial charge in [-0.15, -0.1) is 0 Å². The summed E-state index contributed by atoms with van der Waals surface area (Å²) in [5.74, 6) is -2.63. The van der Waals surface area contributed by atoms with Crippen LogP contribution in [0.3, 0.4) is 0 Å². The zero-order chi connectivity index (χ0) is 24.2. The van der Waals surface area contributed by atoms with Crippen molar-refractivity contribution in [3.63, 3.8) is 0 Å². The van der Waals surface area contributed by atoms with Crippen molar-refractivity contribution >= 4 is 35.0 Å². The second-order valence-corrected chi connectivity index (χ2v) is 9.34. The molecular formula is C25H20ClF3N2O3. The van der Waals surface area contributed by atoms with Crippen molar-refractivity contribution in [3.05, 3.63) is 76.8 Å². The summed E-state index contributed by atoms with van der Waals surface area (Å²) in [5, 5.41) is 2.35. The molecule has 1 aliphatic heterocycles. The minimum Gasteiger partial charge on any atom is -0.323 e. The summed E-state index contributed by atoms with van der Waals surface area (Å²) in [6.45, 7) is 0. The normalized spacial score (nSPS) is 26.2. The number of imide groups is 1. The smallest absolute Gasteiger partial charge is 0.323 e. The van der Waals surface area contributed by atoms with Crippen molar-refractivity contribution in [2.45, 2.75) is 25.1 Å². The van der Waals surface area contributed by atoms with Crippen LogP contribution in [0.25, 0.3) is 0 Å². The maximum Gasteiger partial charge on any atom is 0.416 e. The third kappa shape index (κ3) is 3.79. The minimum atomic E-state index is -4.63. The van der Waals surface area contributed by atoms with E-state index in [9.17, 15) is 27.6 Å². The molecule has 1 N–H and O–H groups in total. The average molecular weight is 489 g/mol. The van der Waals surface area contributed by atoms with Crippen LogP contribution in [-0.2, 0) is 27.0 Å². The van der Waals surface area contributed by atoms with Gasteiger partial charge >= 0.3 is 6.18 Å². The fourth-order valence-electron chi connectivity index (χ4n) is 5.38. The molecule has 5 atom stereocenters. The van der Waals surface area contributed by atoms with Crippen molar-refractivity contribution in [2.24, 2.45) is 23.7 Å². The van der Waals surface area contributed by atoms with Gasteiger partial charge in [0.2, 0.25) is 17.7 Å². The largest absolute Gasteiger partial charge is 0.416 e. The first-order chi connectivity index (χ1) is 16.1. The molecule has 176 valence electrons. The molecule has 2 aliphatic carbocycles. The molecule has 5 nitrogen and oxygen atoms in total. The number of nitrogens with one attached hydrogen (secondary N) is 1. The molecule has 1 saturated heterocycles. The molecule has 9 heteroatoms. The van der Waals surface area contributed by atoms with Crippen LogP contribution in [0.15, 0.2) is 60.7 Å². The number of carbonyl (C=O) groups is 3. The van der Waals surface area contributed by atoms with E-state index >= 15 is 0 Å². The third-order valence-corrected chi connectivity index (χ3v) is 7.27. The van der Waals surface area contributed by atoms with Crippen LogP contribution in [0, 0.1) is 23.7 Å². The van der Waals surface area contributed by atoms with Crippen molar-refractivity contribution in [3.8, 4) is 0 Å². The van der Waals surface area contributed by atoms with E-state index in [0.29, 0.717) is 5.56 Å². The van der Waals surface area contributed by atoms with E-state index < -0.39 is 47.3 Å². The number of nitrogens with zero attached hydrogens (tertiary/aromatic N) is 1. The lowest BCUT2D eigenvalue weighted by atomic mass is 9.85. The Morgan fingerprint density at radius 3 is 2.24 bits per heavy atom. The molecule has 2 aromatic carbocycles. The first kappa shape index (κ1) is 22.7. The molecule has 0 unspecified atom stereocenters. The van der Waals surface area contributed by atoms with Crippen LogP contribution in [0.4, 0.5) is 18.9 Å². The van der Waals surface area contributed by atoms with Crippen LogP contribution < -0.4 is 5.32 Å². The number of hydrogen-bond donors (Lipinski definition) is 1. The van der Waals surface area contributed by atoms with Gasteiger partial charge in [0, 0.05) is 6.42 Å². The van der Waals surface area contributed by atoms with E-state index in [-0.39, 0.29) is 29.0 Å². The van der Waals surface area contributed by atoms with Gasteiger partial charge in [-0.1, -0.05) is 54.1 Å². The van der Waals surface area contributed by atoms with Gasteiger partial charge in [-0.25, -0.2) is 0 Å². The van der Waals surface area contributed by atoms with E-state index in [0.717, 1.165) is 29.5 Å². The highest BCUT2D eigenvalue weighted by atomic mass is 35.5. The molecule has 3 amide bonds. The lowest BCUT2D eigenvalue weighted by Crippen LogP contribution is -2.49. The Hall–Kier alpha value is -3.13. The number of fused-ring (bicyclic) bond motifs is 5. The highest BCUT2D eigenvalue weighted by molar-refractivity contribution is 6.33. The van der Waals surface area contributed by atoms with Crippen LogP contribution in [-0.4, -0.2) is 28.7 Å². The summed E-state index contributed by atoms with van der Waals surface area (Å²) in [6.07, 6.45) is 0.0570. The predicted molar refractivity (Wildman–Crippen MR) is 119 cm³/mol. The Labute approximate surface area is 198 Å². The fraction of sp³-hybridized carbons (Fsp3) is 0.320. The molecule has 1 heterocycles. The average Bonchev–Trinajstić information content (AvgIpc) is 3.47. The van der Waals surface area contributed by atoms with E-state index in [2.05, 4.69) is 5.32 Å². The summed E-state index contributed by atoms with van der Waals surface area (Å²) < 4.78 is 39.5. The number of anilines is 1. The zero-order valence-electron chi connectivity index (χ0n) is 17.8. The van der Waals surface area contributed by atoms with Gasteiger partial charge in [0.05, 0.1) is 28.1 Å². The molecule has 2 fully saturated rings. The Bertz CT molecular complexity index is 1170. The summed E-state index contributed by atoms with van der Waals surface area (Å²) in [4.78, 5) is 41.1. The van der Waals surface area contributed by atoms with Gasteiger partial charge in [0.15, 0.2) is 0 Å². The van der Waals surface area contributed by atoms with Crippen molar-refractivity contribution in [1.82, 2.24) is 4.90 Å². The standard InChI is InChI=1S/C25H20ClF3N2O3/c26-17-9-8-16(25(27,28)29)12-18(17)30-22(32)19(10-13-4-2-1-3-5-13)31-23(33)20-14-6-7-15(11-14)21(20)24(31)34/h1-9,12,14-15,19-21H,10-11H2,(H,30,32)/t14-,15-,19+,20-,21-/m0/s1. The first-order valence-corrected chi connectivity index (χ1v) is 11.3. The van der Waals surface area contributed by atoms with Crippen molar-refractivity contribution in [2.75, 3.05) is 5.32 Å². The molecule has 0 aromatic heterocycles. The van der Waals surface area contributed by atoms with Crippen LogP contribution in [0.1, 0.15) is 17.5 Å². The van der Waals surface area contributed by atoms with E-state index in [1.165, 1.54) is 0 Å². The Morgan fingerprint density at radius 2 is 1.65 bits per heavy atom. The highest BCUT2D eigenvalue weighted by Gasteiger charge is 2.61. The van der Waals surface area contributed by atoms with Gasteiger partial charge in [-0.05, 0) is 42.0 Å². The third-order valence-electron chi connectivity index (χ3n) is 6.94. The van der Waals surface area contributed by atoms with Crippen LogP contribution >= 0.6 is 11.6 Å². The van der Waals surface area contributed by atoms with Crippen molar-refractivity contribution < 1.29 is 27.6 Å². The number of carbonyl (C=O) groups excluding carboxylic acids is 3. The number of allylic oxidation sites excluding steroid dienone is 2. The molecule has 2 aromatic rings. The maximum atomic E-state index is 13.4. The molecule has 2 bridgehead atoms. The zero-order valence-corrected chi connectivity index (χ0v) is 18.5. The number of rotatable bonds is 5. The number of likely N-dealkylation sites (tertiary alicyclic amines) is 1. The van der Waals surface area contributed by atoms with Gasteiger partial charge in [-0.3, -0.25) is 19.3 Å².